The summed E-state index contributed by atoms with van der Waals surface area (Å²) in [7, 11) is 0. The van der Waals surface area contributed by atoms with Gasteiger partial charge in [-0.05, 0) is 60.0 Å². The topological polar surface area (TPSA) is 75.9 Å². The van der Waals surface area contributed by atoms with Gasteiger partial charge in [0.15, 0.2) is 0 Å². The van der Waals surface area contributed by atoms with Crippen molar-refractivity contribution < 1.29 is 4.79 Å². The van der Waals surface area contributed by atoms with Gasteiger partial charge in [-0.2, -0.15) is 0 Å². The zero-order valence-electron chi connectivity index (χ0n) is 12.9. The molecule has 0 radical (unpaired) electrons. The molecule has 23 heavy (non-hydrogen) atoms. The average Bonchev–Trinajstić information content (AvgIpc) is 3.11. The number of amides is 1. The van der Waals surface area contributed by atoms with Gasteiger partial charge in [-0.15, -0.1) is 5.10 Å². The fraction of sp³-hybridized carbons (Fsp3) is 0.500. The number of tetrazole rings is 1. The van der Waals surface area contributed by atoms with Crippen molar-refractivity contribution in [2.24, 2.45) is 5.92 Å². The Morgan fingerprint density at radius 3 is 2.61 bits per heavy atom. The number of piperidine rings is 3. The second kappa shape index (κ2) is 6.08. The molecule has 1 unspecified atom stereocenters. The highest BCUT2D eigenvalue weighted by atomic mass is 16.1. The fourth-order valence-electron chi connectivity index (χ4n) is 3.62. The smallest absolute Gasteiger partial charge is 0.224 e. The number of nitrogens with zero attached hydrogens (tertiary/aromatic N) is 5. The lowest BCUT2D eigenvalue weighted by atomic mass is 9.84. The van der Waals surface area contributed by atoms with Crippen molar-refractivity contribution in [2.45, 2.75) is 25.3 Å². The molecule has 1 amide bonds. The Kier molecular flexibility index (Phi) is 3.78. The van der Waals surface area contributed by atoms with E-state index in [0.717, 1.165) is 17.8 Å². The largest absolute Gasteiger partial charge is 0.352 e. The number of carbonyl (C=O) groups is 1. The number of rotatable bonds is 4. The maximum atomic E-state index is 12.3. The van der Waals surface area contributed by atoms with E-state index in [1.54, 1.807) is 11.0 Å². The second-order valence-corrected chi connectivity index (χ2v) is 6.41. The van der Waals surface area contributed by atoms with E-state index in [1.807, 2.05) is 24.3 Å². The summed E-state index contributed by atoms with van der Waals surface area (Å²) in [4.78, 5) is 14.8. The first-order chi connectivity index (χ1) is 11.3. The molecular weight excluding hydrogens is 292 g/mol. The quantitative estimate of drug-likeness (QED) is 0.885. The number of nitrogens with one attached hydrogen (secondary N) is 1. The Morgan fingerprint density at radius 1 is 1.22 bits per heavy atom. The average molecular weight is 312 g/mol. The van der Waals surface area contributed by atoms with Gasteiger partial charge in [0.05, 0.1) is 12.1 Å². The molecular formula is C16H20N6O. The molecule has 7 heteroatoms. The number of hydrogen-bond donors (Lipinski definition) is 1. The molecule has 1 aromatic heterocycles. The second-order valence-electron chi connectivity index (χ2n) is 6.41. The standard InChI is InChI=1S/C16H20N6O/c23-16(18-15-10-21-7-5-13(15)6-8-21)9-12-1-3-14(4-2-12)22-11-17-19-20-22/h1-4,11,13,15H,5-10H2,(H,18,23). The summed E-state index contributed by atoms with van der Waals surface area (Å²) in [5, 5.41) is 14.3. The van der Waals surface area contributed by atoms with Crippen LogP contribution in [0.1, 0.15) is 18.4 Å². The van der Waals surface area contributed by atoms with Crippen molar-refractivity contribution in [2.75, 3.05) is 19.6 Å². The van der Waals surface area contributed by atoms with Crippen molar-refractivity contribution in [3.63, 3.8) is 0 Å². The molecule has 1 atom stereocenters. The Balaban J connectivity index is 1.35. The molecule has 5 rings (SSSR count). The van der Waals surface area contributed by atoms with Gasteiger partial charge in [-0.25, -0.2) is 4.68 Å². The number of hydrogen-bond acceptors (Lipinski definition) is 5. The van der Waals surface area contributed by atoms with Crippen LogP contribution in [0.4, 0.5) is 0 Å². The first kappa shape index (κ1) is 14.3. The fourth-order valence-corrected chi connectivity index (χ4v) is 3.62. The highest BCUT2D eigenvalue weighted by Crippen LogP contribution is 2.27. The van der Waals surface area contributed by atoms with E-state index >= 15 is 0 Å². The van der Waals surface area contributed by atoms with Crippen LogP contribution < -0.4 is 5.32 Å². The van der Waals surface area contributed by atoms with E-state index in [-0.39, 0.29) is 5.91 Å². The molecule has 2 aromatic rings. The highest BCUT2D eigenvalue weighted by molar-refractivity contribution is 5.79. The van der Waals surface area contributed by atoms with Gasteiger partial charge in [-0.3, -0.25) is 4.79 Å². The molecule has 3 fully saturated rings. The molecule has 3 saturated heterocycles. The van der Waals surface area contributed by atoms with E-state index in [1.165, 1.54) is 25.9 Å². The number of benzene rings is 1. The van der Waals surface area contributed by atoms with Crippen LogP contribution in [0.2, 0.25) is 0 Å². The van der Waals surface area contributed by atoms with Crippen LogP contribution in [0.5, 0.6) is 0 Å². The molecule has 0 aliphatic carbocycles. The van der Waals surface area contributed by atoms with Gasteiger partial charge in [0.2, 0.25) is 5.91 Å². The minimum atomic E-state index is 0.110. The van der Waals surface area contributed by atoms with Gasteiger partial charge in [0.1, 0.15) is 6.33 Å². The lowest BCUT2D eigenvalue weighted by molar-refractivity contribution is -0.122. The van der Waals surface area contributed by atoms with Crippen LogP contribution in [0.25, 0.3) is 5.69 Å². The van der Waals surface area contributed by atoms with Crippen LogP contribution >= 0.6 is 0 Å². The third-order valence-corrected chi connectivity index (χ3v) is 4.92. The molecule has 120 valence electrons. The molecule has 3 aliphatic rings. The third-order valence-electron chi connectivity index (χ3n) is 4.92. The normalized spacial score (nSPS) is 26.2. The Bertz CT molecular complexity index is 660. The predicted octanol–water partition coefficient (Wildman–Crippen LogP) is 0.415. The summed E-state index contributed by atoms with van der Waals surface area (Å²) in [5.41, 5.74) is 1.89. The van der Waals surface area contributed by atoms with Crippen LogP contribution in [-0.2, 0) is 11.2 Å². The lowest BCUT2D eigenvalue weighted by Crippen LogP contribution is -2.57. The van der Waals surface area contributed by atoms with E-state index in [0.29, 0.717) is 18.4 Å². The summed E-state index contributed by atoms with van der Waals surface area (Å²) < 4.78 is 1.59. The molecule has 0 spiro atoms. The Morgan fingerprint density at radius 2 is 2.00 bits per heavy atom. The molecule has 0 saturated carbocycles. The zero-order chi connectivity index (χ0) is 15.6. The SMILES string of the molecule is O=C(Cc1ccc(-n2cnnn2)cc1)NC1CN2CCC1CC2. The van der Waals surface area contributed by atoms with Crippen molar-refractivity contribution in [3.05, 3.63) is 36.2 Å². The summed E-state index contributed by atoms with van der Waals surface area (Å²) in [6.07, 6.45) is 4.39. The summed E-state index contributed by atoms with van der Waals surface area (Å²) in [6, 6.07) is 8.08. The molecule has 7 nitrogen and oxygen atoms in total. The van der Waals surface area contributed by atoms with Crippen LogP contribution in [-0.4, -0.2) is 56.7 Å². The van der Waals surface area contributed by atoms with Crippen molar-refractivity contribution in [3.8, 4) is 5.69 Å². The van der Waals surface area contributed by atoms with E-state index in [9.17, 15) is 4.79 Å². The number of carbonyl (C=O) groups excluding carboxylic acids is 1. The van der Waals surface area contributed by atoms with E-state index in [2.05, 4.69) is 25.7 Å². The van der Waals surface area contributed by atoms with Gasteiger partial charge in [0, 0.05) is 12.6 Å². The first-order valence-electron chi connectivity index (χ1n) is 8.12. The maximum absolute atomic E-state index is 12.3. The Hall–Kier alpha value is -2.28. The lowest BCUT2D eigenvalue weighted by Gasteiger charge is -2.44. The van der Waals surface area contributed by atoms with Gasteiger partial charge < -0.3 is 10.2 Å². The number of fused-ring (bicyclic) bond motifs is 3. The zero-order valence-corrected chi connectivity index (χ0v) is 12.9. The molecule has 1 N–H and O–H groups in total. The Labute approximate surface area is 134 Å². The van der Waals surface area contributed by atoms with Crippen LogP contribution in [0.15, 0.2) is 30.6 Å². The highest BCUT2D eigenvalue weighted by Gasteiger charge is 2.34. The predicted molar refractivity (Wildman–Crippen MR) is 84.0 cm³/mol. The summed E-state index contributed by atoms with van der Waals surface area (Å²) >= 11 is 0. The maximum Gasteiger partial charge on any atom is 0.224 e. The summed E-state index contributed by atoms with van der Waals surface area (Å²) in [6.45, 7) is 3.39. The number of aromatic nitrogens is 4. The van der Waals surface area contributed by atoms with Crippen molar-refractivity contribution >= 4 is 5.91 Å². The van der Waals surface area contributed by atoms with E-state index in [4.69, 9.17) is 0 Å². The third kappa shape index (κ3) is 3.10. The van der Waals surface area contributed by atoms with Crippen molar-refractivity contribution in [1.29, 1.82) is 0 Å². The minimum absolute atomic E-state index is 0.110. The summed E-state index contributed by atoms with van der Waals surface area (Å²) in [5.74, 6) is 0.769. The first-order valence-corrected chi connectivity index (χ1v) is 8.12. The minimum Gasteiger partial charge on any atom is -0.352 e. The van der Waals surface area contributed by atoms with E-state index < -0.39 is 0 Å². The monoisotopic (exact) mass is 312 g/mol. The molecule has 1 aromatic carbocycles. The van der Waals surface area contributed by atoms with Gasteiger partial charge in [-0.1, -0.05) is 12.1 Å². The molecule has 3 aliphatic heterocycles. The van der Waals surface area contributed by atoms with Gasteiger partial charge in [0.25, 0.3) is 0 Å². The van der Waals surface area contributed by atoms with Gasteiger partial charge >= 0.3 is 0 Å². The van der Waals surface area contributed by atoms with Crippen molar-refractivity contribution in [1.82, 2.24) is 30.4 Å². The molecule has 4 heterocycles. The molecule has 2 bridgehead atoms. The van der Waals surface area contributed by atoms with Crippen LogP contribution in [0.3, 0.4) is 0 Å². The van der Waals surface area contributed by atoms with Crippen LogP contribution in [0, 0.1) is 5.92 Å².